The topological polar surface area (TPSA) is 82.7 Å². The highest BCUT2D eigenvalue weighted by Gasteiger charge is 2.15. The molecule has 3 rings (SSSR count). The number of H-pyrrole nitrogens is 1. The molecular formula is C18H19F2N5O. The van der Waals surface area contributed by atoms with Gasteiger partial charge in [0.15, 0.2) is 5.69 Å². The average molecular weight is 359 g/mol. The van der Waals surface area contributed by atoms with Gasteiger partial charge in [-0.15, -0.1) is 0 Å². The number of amides is 1. The average Bonchev–Trinajstić information content (AvgIpc) is 3.05. The van der Waals surface area contributed by atoms with Crippen LogP contribution in [0.3, 0.4) is 0 Å². The van der Waals surface area contributed by atoms with Crippen molar-refractivity contribution in [2.24, 2.45) is 0 Å². The molecule has 3 heterocycles. The minimum absolute atomic E-state index is 0.159. The summed E-state index contributed by atoms with van der Waals surface area (Å²) in [4.78, 5) is 22.8. The highest BCUT2D eigenvalue weighted by Crippen LogP contribution is 2.23. The molecule has 8 heteroatoms. The van der Waals surface area contributed by atoms with Gasteiger partial charge in [0.2, 0.25) is 11.9 Å². The van der Waals surface area contributed by atoms with Crippen molar-refractivity contribution in [3.63, 3.8) is 0 Å². The van der Waals surface area contributed by atoms with Crippen LogP contribution in [0.4, 0.5) is 20.3 Å². The molecule has 0 fully saturated rings. The van der Waals surface area contributed by atoms with Crippen LogP contribution in [0.5, 0.6) is 0 Å². The maximum atomic E-state index is 13.3. The Morgan fingerprint density at radius 2 is 1.92 bits per heavy atom. The third-order valence-electron chi connectivity index (χ3n) is 3.86. The number of hydrogen-bond acceptors (Lipinski definition) is 4. The van der Waals surface area contributed by atoms with Crippen molar-refractivity contribution < 1.29 is 13.6 Å². The van der Waals surface area contributed by atoms with Crippen LogP contribution in [-0.2, 0) is 0 Å². The van der Waals surface area contributed by atoms with Gasteiger partial charge >= 0.3 is 0 Å². The van der Waals surface area contributed by atoms with Crippen LogP contribution in [0.2, 0.25) is 0 Å². The first-order valence-corrected chi connectivity index (χ1v) is 8.43. The lowest BCUT2D eigenvalue weighted by molar-refractivity contribution is 0.0950. The van der Waals surface area contributed by atoms with Gasteiger partial charge in [0, 0.05) is 35.9 Å². The molecule has 3 aromatic heterocycles. The Balaban J connectivity index is 1.86. The van der Waals surface area contributed by atoms with Crippen molar-refractivity contribution in [3.05, 3.63) is 48.1 Å². The highest BCUT2D eigenvalue weighted by atomic mass is 19.1. The lowest BCUT2D eigenvalue weighted by Gasteiger charge is -2.10. The van der Waals surface area contributed by atoms with E-state index in [-0.39, 0.29) is 17.3 Å². The summed E-state index contributed by atoms with van der Waals surface area (Å²) in [5.74, 6) is -1.88. The third-order valence-corrected chi connectivity index (χ3v) is 3.86. The summed E-state index contributed by atoms with van der Waals surface area (Å²) in [5, 5.41) is 6.42. The molecule has 3 N–H and O–H groups in total. The van der Waals surface area contributed by atoms with E-state index >= 15 is 0 Å². The Kier molecular flexibility index (Phi) is 5.40. The summed E-state index contributed by atoms with van der Waals surface area (Å²) in [5.41, 5.74) is 0.990. The van der Waals surface area contributed by atoms with Crippen LogP contribution in [0.15, 0.2) is 30.5 Å². The number of hydrogen-bond donors (Lipinski definition) is 3. The molecule has 0 atom stereocenters. The second-order valence-corrected chi connectivity index (χ2v) is 5.89. The number of fused-ring (bicyclic) bond motifs is 1. The molecule has 0 spiro atoms. The molecule has 26 heavy (non-hydrogen) atoms. The van der Waals surface area contributed by atoms with Gasteiger partial charge < -0.3 is 15.6 Å². The van der Waals surface area contributed by atoms with Gasteiger partial charge in [-0.1, -0.05) is 19.8 Å². The zero-order valence-corrected chi connectivity index (χ0v) is 14.3. The van der Waals surface area contributed by atoms with Crippen LogP contribution in [-0.4, -0.2) is 27.4 Å². The normalized spacial score (nSPS) is 10.9. The van der Waals surface area contributed by atoms with E-state index in [1.54, 1.807) is 18.3 Å². The first kappa shape index (κ1) is 17.8. The number of anilines is 2. The SMILES string of the molecule is CCCCCNC(=O)c1nc(Nc2cc(F)nc(F)c2)cc2cc[nH]c12. The smallest absolute Gasteiger partial charge is 0.272 e. The lowest BCUT2D eigenvalue weighted by atomic mass is 10.2. The van der Waals surface area contributed by atoms with E-state index in [1.165, 1.54) is 0 Å². The Labute approximate surface area is 149 Å². The van der Waals surface area contributed by atoms with E-state index in [0.717, 1.165) is 36.8 Å². The number of unbranched alkanes of at least 4 members (excludes halogenated alkanes) is 2. The van der Waals surface area contributed by atoms with Crippen LogP contribution in [0.1, 0.15) is 36.7 Å². The number of pyridine rings is 2. The van der Waals surface area contributed by atoms with Crippen LogP contribution >= 0.6 is 0 Å². The van der Waals surface area contributed by atoms with Crippen molar-refractivity contribution in [3.8, 4) is 0 Å². The van der Waals surface area contributed by atoms with Gasteiger partial charge in [-0.25, -0.2) is 4.98 Å². The summed E-state index contributed by atoms with van der Waals surface area (Å²) in [6.07, 6.45) is 4.69. The van der Waals surface area contributed by atoms with E-state index in [0.29, 0.717) is 17.9 Å². The molecule has 0 unspecified atom stereocenters. The molecule has 0 saturated heterocycles. The van der Waals surface area contributed by atoms with Gasteiger partial charge in [-0.05, 0) is 18.6 Å². The Morgan fingerprint density at radius 3 is 2.65 bits per heavy atom. The molecule has 0 saturated carbocycles. The summed E-state index contributed by atoms with van der Waals surface area (Å²) in [7, 11) is 0. The zero-order chi connectivity index (χ0) is 18.5. The van der Waals surface area contributed by atoms with E-state index < -0.39 is 11.9 Å². The van der Waals surface area contributed by atoms with Crippen LogP contribution in [0.25, 0.3) is 10.9 Å². The third kappa shape index (κ3) is 4.14. The number of rotatable bonds is 7. The summed E-state index contributed by atoms with van der Waals surface area (Å²) < 4.78 is 26.5. The highest BCUT2D eigenvalue weighted by molar-refractivity contribution is 6.04. The molecule has 0 radical (unpaired) electrons. The molecule has 0 aliphatic rings. The van der Waals surface area contributed by atoms with E-state index in [1.807, 2.05) is 0 Å². The first-order chi connectivity index (χ1) is 12.6. The maximum absolute atomic E-state index is 13.3. The maximum Gasteiger partial charge on any atom is 0.272 e. The van der Waals surface area contributed by atoms with Crippen molar-refractivity contribution >= 4 is 28.3 Å². The monoisotopic (exact) mass is 359 g/mol. The Morgan fingerprint density at radius 1 is 1.15 bits per heavy atom. The predicted octanol–water partition coefficient (Wildman–Crippen LogP) is 3.90. The molecule has 0 aliphatic heterocycles. The molecule has 0 bridgehead atoms. The van der Waals surface area contributed by atoms with Gasteiger partial charge in [0.25, 0.3) is 5.91 Å². The lowest BCUT2D eigenvalue weighted by Crippen LogP contribution is -2.26. The van der Waals surface area contributed by atoms with Gasteiger partial charge in [-0.2, -0.15) is 13.8 Å². The predicted molar refractivity (Wildman–Crippen MR) is 95.4 cm³/mol. The summed E-state index contributed by atoms with van der Waals surface area (Å²) >= 11 is 0. The standard InChI is InChI=1S/C18H19F2N5O/c1-2-3-4-6-22-18(26)17-16-11(5-7-21-16)8-15(25-17)23-12-9-13(19)24-14(20)10-12/h5,7-10,21H,2-4,6H2,1H3,(H,22,26)(H,23,24,25). The molecule has 3 aromatic rings. The number of aromatic nitrogens is 3. The largest absolute Gasteiger partial charge is 0.359 e. The molecule has 136 valence electrons. The summed E-state index contributed by atoms with van der Waals surface area (Å²) in [6, 6.07) is 5.59. The van der Waals surface area contributed by atoms with Crippen molar-refractivity contribution in [1.82, 2.24) is 20.3 Å². The zero-order valence-electron chi connectivity index (χ0n) is 14.3. The second-order valence-electron chi connectivity index (χ2n) is 5.89. The second kappa shape index (κ2) is 7.90. The van der Waals surface area contributed by atoms with Gasteiger partial charge in [-0.3, -0.25) is 4.79 Å². The molecule has 1 amide bonds. The van der Waals surface area contributed by atoms with E-state index in [4.69, 9.17) is 0 Å². The molecule has 6 nitrogen and oxygen atoms in total. The number of halogens is 2. The van der Waals surface area contributed by atoms with Crippen molar-refractivity contribution in [2.45, 2.75) is 26.2 Å². The van der Waals surface area contributed by atoms with E-state index in [2.05, 4.69) is 32.5 Å². The minimum atomic E-state index is -0.941. The number of nitrogens with zero attached hydrogens (tertiary/aromatic N) is 2. The molecular weight excluding hydrogens is 340 g/mol. The Bertz CT molecular complexity index is 905. The summed E-state index contributed by atoms with van der Waals surface area (Å²) in [6.45, 7) is 2.65. The van der Waals surface area contributed by atoms with Crippen LogP contribution < -0.4 is 10.6 Å². The fourth-order valence-electron chi connectivity index (χ4n) is 2.64. The number of aromatic amines is 1. The number of nitrogens with one attached hydrogen (secondary N) is 3. The first-order valence-electron chi connectivity index (χ1n) is 8.43. The van der Waals surface area contributed by atoms with Gasteiger partial charge in [0.1, 0.15) is 5.82 Å². The quantitative estimate of drug-likeness (QED) is 0.441. The number of carbonyl (C=O) groups is 1. The molecule has 0 aliphatic carbocycles. The van der Waals surface area contributed by atoms with E-state index in [9.17, 15) is 13.6 Å². The van der Waals surface area contributed by atoms with Gasteiger partial charge in [0.05, 0.1) is 5.52 Å². The van der Waals surface area contributed by atoms with Crippen molar-refractivity contribution in [1.29, 1.82) is 0 Å². The minimum Gasteiger partial charge on any atom is -0.359 e. The fraction of sp³-hybridized carbons (Fsp3) is 0.278. The fourth-order valence-corrected chi connectivity index (χ4v) is 2.64. The number of carbonyl (C=O) groups excluding carboxylic acids is 1. The Hall–Kier alpha value is -3.03. The van der Waals surface area contributed by atoms with Crippen LogP contribution in [0, 0.1) is 11.9 Å². The molecule has 0 aromatic carbocycles. The van der Waals surface area contributed by atoms with Crippen molar-refractivity contribution in [2.75, 3.05) is 11.9 Å².